The average molecular weight is 492 g/mol. The fourth-order valence-electron chi connectivity index (χ4n) is 3.50. The third-order valence-corrected chi connectivity index (χ3v) is 6.65. The van der Waals surface area contributed by atoms with E-state index in [2.05, 4.69) is 5.32 Å². The Morgan fingerprint density at radius 3 is 2.26 bits per heavy atom. The quantitative estimate of drug-likeness (QED) is 0.433. The molecule has 0 bridgehead atoms. The van der Waals surface area contributed by atoms with Gasteiger partial charge < -0.3 is 10.2 Å². The van der Waals surface area contributed by atoms with E-state index in [9.17, 15) is 22.4 Å². The molecular formula is C25H34FN3O4S. The van der Waals surface area contributed by atoms with Gasteiger partial charge in [-0.3, -0.25) is 13.9 Å². The van der Waals surface area contributed by atoms with Crippen molar-refractivity contribution in [3.05, 3.63) is 66.0 Å². The second kappa shape index (κ2) is 13.1. The number of carbonyl (C=O) groups excluding carboxylic acids is 2. The maximum atomic E-state index is 13.3. The number of nitrogens with zero attached hydrogens (tertiary/aromatic N) is 2. The van der Waals surface area contributed by atoms with E-state index in [1.807, 2.05) is 6.92 Å². The van der Waals surface area contributed by atoms with Crippen molar-refractivity contribution < 1.29 is 22.4 Å². The summed E-state index contributed by atoms with van der Waals surface area (Å²) < 4.78 is 39.2. The lowest BCUT2D eigenvalue weighted by atomic mass is 10.1. The number of amides is 2. The highest BCUT2D eigenvalue weighted by atomic mass is 32.2. The van der Waals surface area contributed by atoms with Crippen molar-refractivity contribution >= 4 is 27.5 Å². The van der Waals surface area contributed by atoms with Crippen LogP contribution in [-0.2, 0) is 26.2 Å². The van der Waals surface area contributed by atoms with Crippen LogP contribution < -0.4 is 9.62 Å². The fraction of sp³-hybridized carbons (Fsp3) is 0.440. The highest BCUT2D eigenvalue weighted by molar-refractivity contribution is 7.92. The second-order valence-electron chi connectivity index (χ2n) is 8.24. The highest BCUT2D eigenvalue weighted by Crippen LogP contribution is 2.18. The van der Waals surface area contributed by atoms with E-state index in [4.69, 9.17) is 0 Å². The van der Waals surface area contributed by atoms with Gasteiger partial charge in [0.1, 0.15) is 11.9 Å². The number of hydrogen-bond acceptors (Lipinski definition) is 4. The zero-order valence-corrected chi connectivity index (χ0v) is 20.9. The van der Waals surface area contributed by atoms with Crippen LogP contribution in [0.1, 0.15) is 45.1 Å². The third kappa shape index (κ3) is 8.44. The lowest BCUT2D eigenvalue weighted by Gasteiger charge is -2.29. The SMILES string of the molecule is CCCCNC(=O)C(C)N(Cc1ccc(F)cc1)C(=O)CCCN(c1ccccc1)S(C)(=O)=O. The summed E-state index contributed by atoms with van der Waals surface area (Å²) in [5.41, 5.74) is 1.23. The van der Waals surface area contributed by atoms with Crippen LogP contribution in [0.4, 0.5) is 10.1 Å². The van der Waals surface area contributed by atoms with Gasteiger partial charge in [-0.15, -0.1) is 0 Å². The lowest BCUT2D eigenvalue weighted by Crippen LogP contribution is -2.48. The minimum Gasteiger partial charge on any atom is -0.354 e. The Bertz CT molecular complexity index is 1030. The van der Waals surface area contributed by atoms with Gasteiger partial charge in [0.05, 0.1) is 11.9 Å². The maximum Gasteiger partial charge on any atom is 0.242 e. The summed E-state index contributed by atoms with van der Waals surface area (Å²) in [6.45, 7) is 4.50. The predicted molar refractivity (Wildman–Crippen MR) is 132 cm³/mol. The van der Waals surface area contributed by atoms with E-state index in [1.54, 1.807) is 49.4 Å². The van der Waals surface area contributed by atoms with Crippen molar-refractivity contribution in [2.24, 2.45) is 0 Å². The molecule has 7 nitrogen and oxygen atoms in total. The Hall–Kier alpha value is -2.94. The Morgan fingerprint density at radius 2 is 1.68 bits per heavy atom. The average Bonchev–Trinajstić information content (AvgIpc) is 2.80. The fourth-order valence-corrected chi connectivity index (χ4v) is 4.47. The Labute approximate surface area is 202 Å². The van der Waals surface area contributed by atoms with Crippen molar-refractivity contribution in [2.75, 3.05) is 23.7 Å². The molecule has 0 aromatic heterocycles. The first-order valence-corrected chi connectivity index (χ1v) is 13.3. The Morgan fingerprint density at radius 1 is 1.03 bits per heavy atom. The predicted octanol–water partition coefficient (Wildman–Crippen LogP) is 3.71. The normalized spacial score (nSPS) is 12.1. The molecule has 0 aliphatic carbocycles. The minimum atomic E-state index is -3.52. The van der Waals surface area contributed by atoms with Crippen LogP contribution in [0.5, 0.6) is 0 Å². The van der Waals surface area contributed by atoms with Crippen LogP contribution in [0.15, 0.2) is 54.6 Å². The number of carbonyl (C=O) groups is 2. The first-order chi connectivity index (χ1) is 16.1. The van der Waals surface area contributed by atoms with Gasteiger partial charge in [0, 0.05) is 26.1 Å². The van der Waals surface area contributed by atoms with Gasteiger partial charge >= 0.3 is 0 Å². The van der Waals surface area contributed by atoms with E-state index < -0.39 is 16.1 Å². The molecule has 0 spiro atoms. The zero-order valence-electron chi connectivity index (χ0n) is 20.0. The zero-order chi connectivity index (χ0) is 25.1. The number of rotatable bonds is 13. The van der Waals surface area contributed by atoms with Crippen molar-refractivity contribution in [3.8, 4) is 0 Å². The summed E-state index contributed by atoms with van der Waals surface area (Å²) in [5.74, 6) is -0.913. The molecule has 2 amide bonds. The second-order valence-corrected chi connectivity index (χ2v) is 10.1. The summed E-state index contributed by atoms with van der Waals surface area (Å²) in [6.07, 6.45) is 3.25. The molecule has 0 fully saturated rings. The lowest BCUT2D eigenvalue weighted by molar-refractivity contribution is -0.140. The first kappa shape index (κ1) is 27.3. The van der Waals surface area contributed by atoms with Gasteiger partial charge in [-0.25, -0.2) is 12.8 Å². The number of nitrogens with one attached hydrogen (secondary N) is 1. The Kier molecular flexibility index (Phi) is 10.5. The number of unbranched alkanes of at least 4 members (excludes halogenated alkanes) is 1. The molecule has 0 saturated heterocycles. The van der Waals surface area contributed by atoms with Crippen molar-refractivity contribution in [1.82, 2.24) is 10.2 Å². The molecular weight excluding hydrogens is 457 g/mol. The molecule has 2 aromatic carbocycles. The standard InChI is InChI=1S/C25H34FN3O4S/c1-4-5-17-27-25(31)20(2)28(19-21-13-15-22(26)16-14-21)24(30)12-9-18-29(34(3,32)33)23-10-7-6-8-11-23/h6-8,10-11,13-16,20H,4-5,9,12,17-19H2,1-3H3,(H,27,31). The summed E-state index contributed by atoms with van der Waals surface area (Å²) in [7, 11) is -3.52. The van der Waals surface area contributed by atoms with Crippen LogP contribution in [0, 0.1) is 5.82 Å². The number of sulfonamides is 1. The molecule has 9 heteroatoms. The van der Waals surface area contributed by atoms with Crippen LogP contribution in [0.2, 0.25) is 0 Å². The first-order valence-electron chi connectivity index (χ1n) is 11.5. The molecule has 186 valence electrons. The van der Waals surface area contributed by atoms with Gasteiger partial charge in [0.25, 0.3) is 0 Å². The van der Waals surface area contributed by atoms with Crippen molar-refractivity contribution in [2.45, 2.75) is 52.1 Å². The van der Waals surface area contributed by atoms with Gasteiger partial charge in [0.2, 0.25) is 21.8 Å². The molecule has 0 saturated carbocycles. The number of halogens is 1. The maximum absolute atomic E-state index is 13.3. The molecule has 0 aliphatic heterocycles. The molecule has 0 radical (unpaired) electrons. The molecule has 0 heterocycles. The topological polar surface area (TPSA) is 86.8 Å². The summed E-state index contributed by atoms with van der Waals surface area (Å²) in [4.78, 5) is 27.3. The molecule has 1 atom stereocenters. The highest BCUT2D eigenvalue weighted by Gasteiger charge is 2.26. The van der Waals surface area contributed by atoms with Crippen LogP contribution in [-0.4, -0.2) is 50.5 Å². The van der Waals surface area contributed by atoms with Crippen LogP contribution in [0.25, 0.3) is 0 Å². The van der Waals surface area contributed by atoms with E-state index >= 15 is 0 Å². The molecule has 1 N–H and O–H groups in total. The number of benzene rings is 2. The van der Waals surface area contributed by atoms with Crippen LogP contribution >= 0.6 is 0 Å². The number of anilines is 1. The minimum absolute atomic E-state index is 0.0621. The van der Waals surface area contributed by atoms with Gasteiger partial charge in [-0.2, -0.15) is 0 Å². The monoisotopic (exact) mass is 491 g/mol. The number of hydrogen-bond donors (Lipinski definition) is 1. The molecule has 1 unspecified atom stereocenters. The Balaban J connectivity index is 2.11. The summed E-state index contributed by atoms with van der Waals surface area (Å²) in [6, 6.07) is 13.8. The smallest absolute Gasteiger partial charge is 0.242 e. The van der Waals surface area contributed by atoms with E-state index in [0.717, 1.165) is 19.1 Å². The molecule has 0 aliphatic rings. The largest absolute Gasteiger partial charge is 0.354 e. The number of para-hydroxylation sites is 1. The molecule has 34 heavy (non-hydrogen) atoms. The van der Waals surface area contributed by atoms with Gasteiger partial charge in [-0.05, 0) is 49.6 Å². The van der Waals surface area contributed by atoms with E-state index in [-0.39, 0.29) is 43.6 Å². The third-order valence-electron chi connectivity index (χ3n) is 5.46. The van der Waals surface area contributed by atoms with Crippen LogP contribution in [0.3, 0.4) is 0 Å². The van der Waals surface area contributed by atoms with E-state index in [1.165, 1.54) is 21.3 Å². The van der Waals surface area contributed by atoms with Gasteiger partial charge in [0.15, 0.2) is 0 Å². The summed E-state index contributed by atoms with van der Waals surface area (Å²) >= 11 is 0. The van der Waals surface area contributed by atoms with Gasteiger partial charge in [-0.1, -0.05) is 43.7 Å². The molecule has 2 rings (SSSR count). The van der Waals surface area contributed by atoms with Crippen molar-refractivity contribution in [1.29, 1.82) is 0 Å². The van der Waals surface area contributed by atoms with E-state index in [0.29, 0.717) is 17.8 Å². The van der Waals surface area contributed by atoms with Crippen molar-refractivity contribution in [3.63, 3.8) is 0 Å². The summed E-state index contributed by atoms with van der Waals surface area (Å²) in [5, 5.41) is 2.85. The molecule has 2 aromatic rings.